The first-order chi connectivity index (χ1) is 9.61. The lowest BCUT2D eigenvalue weighted by Crippen LogP contribution is -2.29. The number of carbonyl (C=O) groups excluding carboxylic acids is 1. The first kappa shape index (κ1) is 13.6. The Kier molecular flexibility index (Phi) is 3.99. The van der Waals surface area contributed by atoms with Crippen molar-refractivity contribution >= 4 is 22.9 Å². The predicted octanol–water partition coefficient (Wildman–Crippen LogP) is -1.03. The predicted molar refractivity (Wildman–Crippen MR) is 73.5 cm³/mol. The molecule has 6 N–H and O–H groups in total. The fraction of sp³-hybridized carbons (Fsp3) is 0.273. The highest BCUT2D eigenvalue weighted by molar-refractivity contribution is 6.00. The van der Waals surface area contributed by atoms with Gasteiger partial charge in [0.05, 0.1) is 24.7 Å². The van der Waals surface area contributed by atoms with Crippen molar-refractivity contribution in [3.05, 3.63) is 17.7 Å². The standard InChI is InChI=1S/C11H15N7O2/c1-20-9-5-8-7(16-18-17-8)4-6(9)10(19)14-2-3-15-11(12)13/h4-5H,2-3H2,1H3,(H,14,19)(H4,12,13,15)(H,16,17,18). The van der Waals surface area contributed by atoms with E-state index in [1.807, 2.05) is 0 Å². The van der Waals surface area contributed by atoms with Gasteiger partial charge in [0.1, 0.15) is 11.3 Å². The van der Waals surface area contributed by atoms with Gasteiger partial charge in [-0.3, -0.25) is 14.9 Å². The van der Waals surface area contributed by atoms with Crippen LogP contribution in [0, 0.1) is 0 Å². The summed E-state index contributed by atoms with van der Waals surface area (Å²) in [5.74, 6) is 0.122. The number of ether oxygens (including phenoxy) is 1. The molecule has 0 bridgehead atoms. The number of rotatable bonds is 5. The number of benzene rings is 1. The summed E-state index contributed by atoms with van der Waals surface area (Å²) < 4.78 is 5.18. The number of aromatic nitrogens is 3. The van der Waals surface area contributed by atoms with Crippen molar-refractivity contribution in [1.29, 1.82) is 0 Å². The van der Waals surface area contributed by atoms with Crippen LogP contribution < -0.4 is 21.5 Å². The quantitative estimate of drug-likeness (QED) is 0.312. The van der Waals surface area contributed by atoms with E-state index in [1.165, 1.54) is 7.11 Å². The number of H-pyrrole nitrogens is 1. The van der Waals surface area contributed by atoms with Crippen LogP contribution >= 0.6 is 0 Å². The monoisotopic (exact) mass is 277 g/mol. The maximum atomic E-state index is 12.1. The number of methoxy groups -OCH3 is 1. The van der Waals surface area contributed by atoms with E-state index in [0.29, 0.717) is 35.4 Å². The Morgan fingerprint density at radius 2 is 2.30 bits per heavy atom. The lowest BCUT2D eigenvalue weighted by molar-refractivity contribution is 0.0952. The minimum atomic E-state index is -0.288. The zero-order chi connectivity index (χ0) is 14.5. The molecule has 2 rings (SSSR count). The molecule has 1 heterocycles. The van der Waals surface area contributed by atoms with Crippen molar-refractivity contribution in [3.63, 3.8) is 0 Å². The fourth-order valence-corrected chi connectivity index (χ4v) is 1.67. The van der Waals surface area contributed by atoms with E-state index in [0.717, 1.165) is 0 Å². The van der Waals surface area contributed by atoms with E-state index in [-0.39, 0.29) is 11.9 Å². The van der Waals surface area contributed by atoms with Crippen LogP contribution in [0.1, 0.15) is 10.4 Å². The van der Waals surface area contributed by atoms with Crippen molar-refractivity contribution in [2.45, 2.75) is 0 Å². The van der Waals surface area contributed by atoms with Crippen LogP contribution in [0.25, 0.3) is 11.0 Å². The second-order valence-corrected chi connectivity index (χ2v) is 3.94. The Morgan fingerprint density at radius 1 is 1.50 bits per heavy atom. The summed E-state index contributed by atoms with van der Waals surface area (Å²) in [6.07, 6.45) is 0. The average Bonchev–Trinajstić information content (AvgIpc) is 2.88. The number of hydrogen-bond donors (Lipinski definition) is 4. The third kappa shape index (κ3) is 2.94. The Balaban J connectivity index is 2.14. The molecule has 106 valence electrons. The van der Waals surface area contributed by atoms with E-state index < -0.39 is 0 Å². The molecule has 0 aliphatic rings. The molecule has 0 saturated heterocycles. The van der Waals surface area contributed by atoms with Crippen LogP contribution in [0.15, 0.2) is 17.1 Å². The molecule has 0 aliphatic heterocycles. The minimum absolute atomic E-state index is 0.0122. The average molecular weight is 277 g/mol. The number of hydrogen-bond acceptors (Lipinski definition) is 5. The zero-order valence-electron chi connectivity index (χ0n) is 10.9. The number of carbonyl (C=O) groups is 1. The number of aliphatic imine (C=N–C) groups is 1. The van der Waals surface area contributed by atoms with E-state index in [2.05, 4.69) is 25.7 Å². The molecule has 20 heavy (non-hydrogen) atoms. The highest BCUT2D eigenvalue weighted by atomic mass is 16.5. The molecule has 0 saturated carbocycles. The Labute approximate surface area is 114 Å². The number of guanidine groups is 1. The number of fused-ring (bicyclic) bond motifs is 1. The summed E-state index contributed by atoms with van der Waals surface area (Å²) >= 11 is 0. The van der Waals surface area contributed by atoms with Crippen LogP contribution in [-0.2, 0) is 0 Å². The van der Waals surface area contributed by atoms with Gasteiger partial charge in [-0.1, -0.05) is 5.21 Å². The van der Waals surface area contributed by atoms with Crippen LogP contribution in [0.4, 0.5) is 0 Å². The van der Waals surface area contributed by atoms with E-state index >= 15 is 0 Å². The Bertz CT molecular complexity index is 645. The first-order valence-corrected chi connectivity index (χ1v) is 5.84. The largest absolute Gasteiger partial charge is 0.496 e. The van der Waals surface area contributed by atoms with Gasteiger partial charge in [0.2, 0.25) is 0 Å². The maximum Gasteiger partial charge on any atom is 0.255 e. The number of aromatic amines is 1. The SMILES string of the molecule is COc1cc2nn[nH]c2cc1C(=O)NCCN=C(N)N. The van der Waals surface area contributed by atoms with Gasteiger partial charge in [-0.15, -0.1) is 5.10 Å². The Hall–Kier alpha value is -2.84. The minimum Gasteiger partial charge on any atom is -0.496 e. The van der Waals surface area contributed by atoms with Crippen molar-refractivity contribution in [2.24, 2.45) is 16.5 Å². The molecule has 2 aromatic rings. The van der Waals surface area contributed by atoms with Gasteiger partial charge >= 0.3 is 0 Å². The van der Waals surface area contributed by atoms with Gasteiger partial charge in [0.25, 0.3) is 5.91 Å². The van der Waals surface area contributed by atoms with Crippen LogP contribution in [-0.4, -0.2) is 47.5 Å². The second-order valence-electron chi connectivity index (χ2n) is 3.94. The molecule has 1 amide bonds. The van der Waals surface area contributed by atoms with E-state index in [1.54, 1.807) is 12.1 Å². The van der Waals surface area contributed by atoms with Gasteiger partial charge in [-0.2, -0.15) is 0 Å². The summed E-state index contributed by atoms with van der Waals surface area (Å²) in [7, 11) is 1.48. The molecule has 1 aromatic heterocycles. The topological polar surface area (TPSA) is 144 Å². The van der Waals surface area contributed by atoms with Crippen molar-refractivity contribution in [2.75, 3.05) is 20.2 Å². The molecular formula is C11H15N7O2. The van der Waals surface area contributed by atoms with Crippen LogP contribution in [0.3, 0.4) is 0 Å². The van der Waals surface area contributed by atoms with E-state index in [9.17, 15) is 4.79 Å². The second kappa shape index (κ2) is 5.87. The normalized spacial score (nSPS) is 10.2. The van der Waals surface area contributed by atoms with Gasteiger partial charge in [0.15, 0.2) is 5.96 Å². The molecule has 0 atom stereocenters. The molecule has 0 fully saturated rings. The van der Waals surface area contributed by atoms with Gasteiger partial charge < -0.3 is 21.5 Å². The van der Waals surface area contributed by atoms with Crippen molar-refractivity contribution < 1.29 is 9.53 Å². The zero-order valence-corrected chi connectivity index (χ0v) is 10.9. The summed E-state index contributed by atoms with van der Waals surface area (Å²) in [6, 6.07) is 3.27. The van der Waals surface area contributed by atoms with Crippen LogP contribution in [0.2, 0.25) is 0 Å². The summed E-state index contributed by atoms with van der Waals surface area (Å²) in [6.45, 7) is 0.628. The smallest absolute Gasteiger partial charge is 0.255 e. The maximum absolute atomic E-state index is 12.1. The van der Waals surface area contributed by atoms with E-state index in [4.69, 9.17) is 16.2 Å². The van der Waals surface area contributed by atoms with Gasteiger partial charge in [0, 0.05) is 12.6 Å². The number of nitrogens with one attached hydrogen (secondary N) is 2. The highest BCUT2D eigenvalue weighted by Crippen LogP contribution is 2.23. The Morgan fingerprint density at radius 3 is 3.00 bits per heavy atom. The first-order valence-electron chi connectivity index (χ1n) is 5.84. The van der Waals surface area contributed by atoms with Crippen molar-refractivity contribution in [3.8, 4) is 5.75 Å². The van der Waals surface area contributed by atoms with Gasteiger partial charge in [-0.25, -0.2) is 0 Å². The summed E-state index contributed by atoms with van der Waals surface area (Å²) in [5, 5.41) is 12.9. The molecular weight excluding hydrogens is 262 g/mol. The summed E-state index contributed by atoms with van der Waals surface area (Å²) in [4.78, 5) is 15.9. The number of nitrogens with zero attached hydrogens (tertiary/aromatic N) is 3. The van der Waals surface area contributed by atoms with Gasteiger partial charge in [-0.05, 0) is 6.07 Å². The highest BCUT2D eigenvalue weighted by Gasteiger charge is 2.14. The lowest BCUT2D eigenvalue weighted by atomic mass is 10.1. The molecule has 0 radical (unpaired) electrons. The molecule has 0 spiro atoms. The lowest BCUT2D eigenvalue weighted by Gasteiger charge is -2.08. The summed E-state index contributed by atoms with van der Waals surface area (Å²) in [5.41, 5.74) is 12.0. The fourth-order valence-electron chi connectivity index (χ4n) is 1.67. The molecule has 0 unspecified atom stereocenters. The third-order valence-corrected chi connectivity index (χ3v) is 2.58. The van der Waals surface area contributed by atoms with Crippen molar-refractivity contribution in [1.82, 2.24) is 20.7 Å². The number of nitrogens with two attached hydrogens (primary N) is 2. The number of amides is 1. The third-order valence-electron chi connectivity index (χ3n) is 2.58. The molecule has 1 aromatic carbocycles. The molecule has 0 aliphatic carbocycles. The van der Waals surface area contributed by atoms with Crippen LogP contribution in [0.5, 0.6) is 5.75 Å². The molecule has 9 heteroatoms. The molecule has 9 nitrogen and oxygen atoms in total.